The van der Waals surface area contributed by atoms with Crippen LogP contribution in [-0.4, -0.2) is 154 Å². The van der Waals surface area contributed by atoms with Crippen LogP contribution in [0, 0.1) is 0 Å². The van der Waals surface area contributed by atoms with E-state index < -0.39 is 14.2 Å². The Morgan fingerprint density at radius 2 is 0.821 bits per heavy atom. The first-order valence-corrected chi connectivity index (χ1v) is 48.0. The third-order valence-corrected chi connectivity index (χ3v) is 29.6. The molecule has 18 rings (SSSR count). The second-order valence-corrected chi connectivity index (χ2v) is 39.9. The van der Waals surface area contributed by atoms with Crippen LogP contribution in [0.3, 0.4) is 0 Å². The third kappa shape index (κ3) is 19.5. The quantitative estimate of drug-likeness (QED) is 0.0323. The molecule has 3 N–H and O–H groups in total. The third-order valence-electron chi connectivity index (χ3n) is 23.6. The van der Waals surface area contributed by atoms with Gasteiger partial charge in [-0.2, -0.15) is 0 Å². The maximum atomic E-state index is 13.9. The molecule has 2 aliphatic heterocycles. The molecule has 0 saturated heterocycles. The number of rotatable bonds is 24. The Morgan fingerprint density at radius 3 is 1.19 bits per heavy atom. The molecule has 4 fully saturated rings. The number of carbonyl (C=O) groups excluding carboxylic acids is 4. The van der Waals surface area contributed by atoms with Gasteiger partial charge in [-0.15, -0.1) is 11.6 Å². The number of benzene rings is 4. The number of aromatic nitrogens is 12. The number of nitrogens with two attached hydrogens (primary N) is 1. The van der Waals surface area contributed by atoms with Crippen molar-refractivity contribution >= 4 is 174 Å². The summed E-state index contributed by atoms with van der Waals surface area (Å²) in [6, 6.07) is 25.3. The number of ether oxygens (including phenoxy) is 2. The van der Waals surface area contributed by atoms with Crippen molar-refractivity contribution in [2.24, 2.45) is 0 Å². The van der Waals surface area contributed by atoms with Crippen LogP contribution in [0.5, 0.6) is 11.8 Å². The first-order chi connectivity index (χ1) is 59.3. The first kappa shape index (κ1) is 89.8. The molecular weight excluding hydrogens is 1700 g/mol. The average Bonchev–Trinajstić information content (AvgIpc) is 1.63. The van der Waals surface area contributed by atoms with Crippen molar-refractivity contribution in [3.05, 3.63) is 193 Å². The summed E-state index contributed by atoms with van der Waals surface area (Å²) < 4.78 is 27.1. The zero-order valence-electron chi connectivity index (χ0n) is 71.1. The Kier molecular flexibility index (Phi) is 28.4. The van der Waals surface area contributed by atoms with Crippen LogP contribution >= 0.6 is 69.6 Å². The summed E-state index contributed by atoms with van der Waals surface area (Å²) in [4.78, 5) is 92.4. The molecule has 123 heavy (non-hydrogen) atoms. The van der Waals surface area contributed by atoms with Crippen LogP contribution in [0.15, 0.2) is 123 Å². The highest BCUT2D eigenvalue weighted by Crippen LogP contribution is 2.50. The Bertz CT molecular complexity index is 5680. The highest BCUT2D eigenvalue weighted by molar-refractivity contribution is 6.74. The topological polar surface area (TPSA) is 278 Å². The number of hydrogen-bond donors (Lipinski definition) is 2. The SMILES string of the molecule is CCCn1ccc2cc(N(CCO)C(=O)c3c(Cl)ncnc3Cl)cc(C3CC3)c21.CCCn1ccc2cc(N(CCO[Si](C)(C)C(C)(C)C)C(=O)c3c(Cl)ncnc3Cl)cc(C3CC3)c21.CCCn1ccc2cc(N3CCOc4ncnc(Cl)c4C3=O)cc(C3CC3)c21.CCCn1ccc2cc(N3CCOc4ncnc(N)c4C3=O)cc(C3CC3)c21.CCl. The highest BCUT2D eigenvalue weighted by Gasteiger charge is 2.40. The lowest BCUT2D eigenvalue weighted by molar-refractivity contribution is 0.0973. The van der Waals surface area contributed by atoms with E-state index in [0.717, 1.165) is 92.5 Å². The van der Waals surface area contributed by atoms with Gasteiger partial charge in [0.25, 0.3) is 23.6 Å². The molecule has 0 unspecified atom stereocenters. The van der Waals surface area contributed by atoms with E-state index in [1.807, 2.05) is 6.07 Å². The minimum atomic E-state index is -2.00. The summed E-state index contributed by atoms with van der Waals surface area (Å²) in [5.74, 6) is 1.67. The summed E-state index contributed by atoms with van der Waals surface area (Å²) in [5, 5.41) is 14.4. The van der Waals surface area contributed by atoms with E-state index in [0.29, 0.717) is 68.8 Å². The molecule has 12 aromatic rings. The second-order valence-electron chi connectivity index (χ2n) is 33.3. The number of amides is 4. The number of aliphatic hydroxyl groups excluding tert-OH is 1. The van der Waals surface area contributed by atoms with E-state index in [1.165, 1.54) is 130 Å². The molecule has 4 aliphatic carbocycles. The fourth-order valence-electron chi connectivity index (χ4n) is 16.1. The van der Waals surface area contributed by atoms with Crippen molar-refractivity contribution in [3.8, 4) is 11.8 Å². The highest BCUT2D eigenvalue weighted by atomic mass is 35.5. The van der Waals surface area contributed by atoms with Gasteiger partial charge >= 0.3 is 0 Å². The van der Waals surface area contributed by atoms with Crippen molar-refractivity contribution in [2.45, 2.75) is 193 Å². The maximum absolute atomic E-state index is 13.9. The summed E-state index contributed by atoms with van der Waals surface area (Å²) in [6.07, 6.45) is 28.9. The maximum Gasteiger partial charge on any atom is 0.267 e. The molecular formula is C91H105Cl6N17O8Si. The van der Waals surface area contributed by atoms with E-state index >= 15 is 0 Å². The molecule has 0 spiro atoms. The fourth-order valence-corrected chi connectivity index (χ4v) is 18.3. The number of carbonyl (C=O) groups is 4. The molecule has 4 amide bonds. The van der Waals surface area contributed by atoms with Gasteiger partial charge in [0.05, 0.1) is 48.4 Å². The van der Waals surface area contributed by atoms with Gasteiger partial charge in [-0.3, -0.25) is 19.2 Å². The van der Waals surface area contributed by atoms with Crippen molar-refractivity contribution in [3.63, 3.8) is 0 Å². The number of nitrogen functional groups attached to an aromatic ring is 1. The van der Waals surface area contributed by atoms with Gasteiger partial charge in [0.15, 0.2) is 8.32 Å². The Labute approximate surface area is 747 Å². The Hall–Kier alpha value is -9.48. The van der Waals surface area contributed by atoms with E-state index in [4.69, 9.17) is 77.6 Å². The van der Waals surface area contributed by atoms with Crippen LogP contribution < -0.4 is 34.8 Å². The second kappa shape index (κ2) is 39.0. The first-order valence-electron chi connectivity index (χ1n) is 42.4. The smallest absolute Gasteiger partial charge is 0.267 e. The molecule has 4 saturated carbocycles. The Balaban J connectivity index is 0.000000133. The molecule has 10 heterocycles. The standard InChI is InChI=1S/C27H36Cl2N4O2Si.C21H22Cl2N4O2.C21H21ClN4O2.C21H23N5O2.CH3Cl/c1-7-11-32-12-10-19-15-20(16-21(23(19)32)18-8-9-18)33(13-14-35-36(5,6)27(2,3)4)26(34)22-24(28)30-17-31-25(22)29;1-2-6-26-7-5-14-10-15(11-16(18(14)26)13-3-4-13)27(8-9-28)21(29)17-19(22)24-12-25-20(17)23;2*1-2-6-25-7-5-14-10-15(11-16(18(14)25)13-3-4-13)26-8-9-28-20-17(21(26)27)19(22)23-12-24-20;1-2/h10,12,15-18H,7-9,11,13-14H2,1-6H3;5,7,10-13,28H,2-4,6,8-9H2,1H3;5,7,10-13H,2-4,6,8-9H2,1H3;5,7,10-13H,2-4,6,8-9H2,1H3,(H2,22,23,24);1H3. The predicted molar refractivity (Wildman–Crippen MR) is 494 cm³/mol. The molecule has 0 radical (unpaired) electrons. The number of aryl methyl sites for hydroxylation is 4. The number of nitrogens with zero attached hydrogens (tertiary/aromatic N) is 16. The van der Waals surface area contributed by atoms with Gasteiger partial charge in [0.1, 0.15) is 92.4 Å². The monoisotopic (exact) mass is 1800 g/mol. The molecule has 0 atom stereocenters. The normalized spacial score (nSPS) is 15.2. The number of aliphatic hydroxyl groups is 1. The molecule has 25 nitrogen and oxygen atoms in total. The van der Waals surface area contributed by atoms with Crippen LogP contribution in [0.2, 0.25) is 43.9 Å². The van der Waals surface area contributed by atoms with Crippen LogP contribution in [0.1, 0.15) is 213 Å². The van der Waals surface area contributed by atoms with E-state index in [-0.39, 0.29) is 102 Å². The minimum Gasteiger partial charge on any atom is -0.475 e. The molecule has 6 aliphatic rings. The van der Waals surface area contributed by atoms with Gasteiger partial charge in [0.2, 0.25) is 11.8 Å². The van der Waals surface area contributed by atoms with Gasteiger partial charge in [-0.1, -0.05) is 106 Å². The van der Waals surface area contributed by atoms with Crippen molar-refractivity contribution < 1.29 is 38.2 Å². The van der Waals surface area contributed by atoms with Gasteiger partial charge < -0.3 is 62.6 Å². The fraction of sp³-hybridized carbons (Fsp3) is 0.429. The molecule has 8 aromatic heterocycles. The average molecular weight is 1810 g/mol. The predicted octanol–water partition coefficient (Wildman–Crippen LogP) is 21.0. The van der Waals surface area contributed by atoms with Crippen molar-refractivity contribution in [1.29, 1.82) is 0 Å². The lowest BCUT2D eigenvalue weighted by Gasteiger charge is -2.37. The van der Waals surface area contributed by atoms with Gasteiger partial charge in [0, 0.05) is 115 Å². The van der Waals surface area contributed by atoms with Crippen LogP contribution in [-0.2, 0) is 30.6 Å². The lowest BCUT2D eigenvalue weighted by Crippen LogP contribution is -2.43. The number of hydrogen-bond acceptors (Lipinski definition) is 17. The molecule has 0 bridgehead atoms. The molecule has 4 aromatic carbocycles. The summed E-state index contributed by atoms with van der Waals surface area (Å²) in [5.41, 5.74) is 20.2. The van der Waals surface area contributed by atoms with Crippen LogP contribution in [0.4, 0.5) is 28.6 Å². The van der Waals surface area contributed by atoms with E-state index in [1.54, 1.807) is 14.7 Å². The molecule has 648 valence electrons. The van der Waals surface area contributed by atoms with Crippen molar-refractivity contribution in [2.75, 3.05) is 84.3 Å². The number of halogens is 6. The molecule has 32 heteroatoms. The zero-order valence-corrected chi connectivity index (χ0v) is 76.7. The lowest BCUT2D eigenvalue weighted by atomic mass is 10.0. The largest absolute Gasteiger partial charge is 0.475 e. The number of anilines is 5. The van der Waals surface area contributed by atoms with E-state index in [2.05, 4.69) is 223 Å². The summed E-state index contributed by atoms with van der Waals surface area (Å²) >= 11 is 35.8. The van der Waals surface area contributed by atoms with E-state index in [9.17, 15) is 24.3 Å². The number of alkyl halides is 1. The minimum absolute atomic E-state index is 0.00414. The zero-order chi connectivity index (χ0) is 87.3. The summed E-state index contributed by atoms with van der Waals surface area (Å²) in [6.45, 7) is 26.0. The number of fused-ring (bicyclic) bond motifs is 6. The van der Waals surface area contributed by atoms with Gasteiger partial charge in [-0.05, 0) is 214 Å². The van der Waals surface area contributed by atoms with Crippen molar-refractivity contribution in [1.82, 2.24) is 58.1 Å². The Morgan fingerprint density at radius 1 is 0.488 bits per heavy atom. The summed E-state index contributed by atoms with van der Waals surface area (Å²) in [7, 11) is -2.00. The van der Waals surface area contributed by atoms with Gasteiger partial charge in [-0.25, -0.2) is 39.9 Å². The van der Waals surface area contributed by atoms with Crippen LogP contribution in [0.25, 0.3) is 43.6 Å².